The molecule has 0 atom stereocenters. The zero-order chi connectivity index (χ0) is 25.7. The van der Waals surface area contributed by atoms with Gasteiger partial charge >= 0.3 is 0 Å². The highest BCUT2D eigenvalue weighted by Gasteiger charge is 2.16. The van der Waals surface area contributed by atoms with E-state index < -0.39 is 0 Å². The van der Waals surface area contributed by atoms with Crippen LogP contribution in [0.5, 0.6) is 11.5 Å². The van der Waals surface area contributed by atoms with Gasteiger partial charge in [0.25, 0.3) is 0 Å². The van der Waals surface area contributed by atoms with Crippen LogP contribution in [0.1, 0.15) is 0 Å². The summed E-state index contributed by atoms with van der Waals surface area (Å²) in [5.41, 5.74) is 2.96. The smallest absolute Gasteiger partial charge is 0.247 e. The molecule has 0 fully saturated rings. The molecule has 36 heavy (non-hydrogen) atoms. The maximum atomic E-state index is 13.8. The summed E-state index contributed by atoms with van der Waals surface area (Å²) < 4.78 is 25.3. The number of H-pyrrole nitrogens is 1. The number of rotatable bonds is 10. The Morgan fingerprint density at radius 1 is 1.19 bits per heavy atom. The van der Waals surface area contributed by atoms with Gasteiger partial charge in [-0.3, -0.25) is 9.89 Å². The van der Waals surface area contributed by atoms with Crippen molar-refractivity contribution in [3.05, 3.63) is 67.1 Å². The molecule has 186 valence electrons. The van der Waals surface area contributed by atoms with Gasteiger partial charge in [0.05, 0.1) is 30.2 Å². The van der Waals surface area contributed by atoms with Crippen LogP contribution in [0.3, 0.4) is 0 Å². The largest absolute Gasteiger partial charge is 0.494 e. The number of nitrogens with one attached hydrogen (secondary N) is 3. The van der Waals surface area contributed by atoms with E-state index >= 15 is 0 Å². The van der Waals surface area contributed by atoms with Gasteiger partial charge in [-0.2, -0.15) is 5.10 Å². The highest BCUT2D eigenvalue weighted by Crippen LogP contribution is 2.38. The number of methoxy groups -OCH3 is 1. The first-order valence-electron chi connectivity index (χ1n) is 11.2. The standard InChI is InChI=1S/C26H27FN6O3/c1-5-25(34)30-20-13-19(22(35-4)14-23(20)36-10-9-33(2)3)29-24-12-18-21(15-28-24)31-32-26(18)16-7-6-8-17(27)11-16/h5-8,11-15H,1,9-10H2,2-4H3,(H,28,29)(H,30,34)(H,31,32). The minimum Gasteiger partial charge on any atom is -0.494 e. The summed E-state index contributed by atoms with van der Waals surface area (Å²) in [6.45, 7) is 4.63. The Morgan fingerprint density at radius 3 is 2.75 bits per heavy atom. The summed E-state index contributed by atoms with van der Waals surface area (Å²) in [5, 5.41) is 14.0. The van der Waals surface area contributed by atoms with Crippen LogP contribution in [0.2, 0.25) is 0 Å². The van der Waals surface area contributed by atoms with Gasteiger partial charge in [-0.05, 0) is 44.4 Å². The molecule has 4 rings (SSSR count). The molecule has 0 spiro atoms. The number of carbonyl (C=O) groups is 1. The van der Waals surface area contributed by atoms with E-state index in [2.05, 4.69) is 32.4 Å². The van der Waals surface area contributed by atoms with E-state index in [0.29, 0.717) is 58.6 Å². The Balaban J connectivity index is 1.69. The second-order valence-corrected chi connectivity index (χ2v) is 8.22. The molecule has 1 amide bonds. The maximum Gasteiger partial charge on any atom is 0.247 e. The van der Waals surface area contributed by atoms with Crippen LogP contribution in [0.25, 0.3) is 22.2 Å². The molecule has 0 saturated heterocycles. The van der Waals surface area contributed by atoms with Crippen molar-refractivity contribution < 1.29 is 18.7 Å². The Bertz CT molecular complexity index is 1400. The first-order valence-corrected chi connectivity index (χ1v) is 11.2. The molecule has 10 heteroatoms. The molecule has 0 bridgehead atoms. The van der Waals surface area contributed by atoms with E-state index in [1.807, 2.05) is 25.1 Å². The molecule has 0 unspecified atom stereocenters. The van der Waals surface area contributed by atoms with Crippen LogP contribution in [0, 0.1) is 5.82 Å². The number of aromatic nitrogens is 3. The number of amides is 1. The molecule has 2 aromatic heterocycles. The number of carbonyl (C=O) groups excluding carboxylic acids is 1. The Morgan fingerprint density at radius 2 is 2.03 bits per heavy atom. The van der Waals surface area contributed by atoms with Crippen LogP contribution in [-0.4, -0.2) is 60.3 Å². The number of benzene rings is 2. The van der Waals surface area contributed by atoms with Gasteiger partial charge in [-0.1, -0.05) is 18.7 Å². The quantitative estimate of drug-likeness (QED) is 0.280. The highest BCUT2D eigenvalue weighted by molar-refractivity contribution is 6.01. The average molecular weight is 491 g/mol. The summed E-state index contributed by atoms with van der Waals surface area (Å²) >= 11 is 0. The normalized spacial score (nSPS) is 10.9. The number of hydrogen-bond acceptors (Lipinski definition) is 7. The van der Waals surface area contributed by atoms with Crippen LogP contribution in [0.15, 0.2) is 61.3 Å². The van der Waals surface area contributed by atoms with E-state index in [9.17, 15) is 9.18 Å². The highest BCUT2D eigenvalue weighted by atomic mass is 19.1. The van der Waals surface area contributed by atoms with Gasteiger partial charge in [0, 0.05) is 23.6 Å². The third-order valence-electron chi connectivity index (χ3n) is 5.35. The zero-order valence-electron chi connectivity index (χ0n) is 20.3. The van der Waals surface area contributed by atoms with Crippen molar-refractivity contribution in [1.82, 2.24) is 20.1 Å². The Labute approximate surface area is 207 Å². The number of hydrogen-bond donors (Lipinski definition) is 3. The van der Waals surface area contributed by atoms with Gasteiger partial charge in [0.1, 0.15) is 35.4 Å². The van der Waals surface area contributed by atoms with E-state index in [-0.39, 0.29) is 11.7 Å². The fraction of sp³-hybridized carbons (Fsp3) is 0.192. The Kier molecular flexibility index (Phi) is 7.45. The van der Waals surface area contributed by atoms with Crippen LogP contribution in [0.4, 0.5) is 21.6 Å². The number of pyridine rings is 1. The average Bonchev–Trinajstić information content (AvgIpc) is 3.28. The third kappa shape index (κ3) is 5.61. The SMILES string of the molecule is C=CC(=O)Nc1cc(Nc2cc3c(-c4cccc(F)c4)n[nH]c3cn2)c(OC)cc1OCCN(C)C. The number of likely N-dealkylation sites (N-methyl/N-ethyl adjacent to an activating group) is 1. The van der Waals surface area contributed by atoms with Crippen molar-refractivity contribution in [2.75, 3.05) is 45.0 Å². The van der Waals surface area contributed by atoms with Crippen molar-refractivity contribution in [3.63, 3.8) is 0 Å². The van der Waals surface area contributed by atoms with E-state index in [1.165, 1.54) is 18.2 Å². The number of halogens is 1. The van der Waals surface area contributed by atoms with E-state index in [1.54, 1.807) is 37.6 Å². The molecule has 4 aromatic rings. The summed E-state index contributed by atoms with van der Waals surface area (Å²) in [5.74, 6) is 0.734. The van der Waals surface area contributed by atoms with Gasteiger partial charge < -0.3 is 25.0 Å². The summed E-state index contributed by atoms with van der Waals surface area (Å²) in [6.07, 6.45) is 2.82. The monoisotopic (exact) mass is 490 g/mol. The molecule has 2 heterocycles. The van der Waals surface area contributed by atoms with Crippen molar-refractivity contribution in [2.24, 2.45) is 0 Å². The van der Waals surface area contributed by atoms with Gasteiger partial charge in [0.15, 0.2) is 0 Å². The summed E-state index contributed by atoms with van der Waals surface area (Å²) in [7, 11) is 5.43. The molecule has 2 aromatic carbocycles. The first-order chi connectivity index (χ1) is 17.4. The summed E-state index contributed by atoms with van der Waals surface area (Å²) in [6, 6.07) is 11.5. The fourth-order valence-electron chi connectivity index (χ4n) is 3.55. The fourth-order valence-corrected chi connectivity index (χ4v) is 3.55. The minimum atomic E-state index is -0.374. The molecule has 3 N–H and O–H groups in total. The van der Waals surface area contributed by atoms with Gasteiger partial charge in [-0.15, -0.1) is 0 Å². The number of ether oxygens (including phenoxy) is 2. The van der Waals surface area contributed by atoms with Crippen LogP contribution >= 0.6 is 0 Å². The molecule has 0 aliphatic rings. The lowest BCUT2D eigenvalue weighted by molar-refractivity contribution is -0.111. The lowest BCUT2D eigenvalue weighted by Gasteiger charge is -2.18. The van der Waals surface area contributed by atoms with Crippen molar-refractivity contribution in [3.8, 4) is 22.8 Å². The van der Waals surface area contributed by atoms with E-state index in [0.717, 1.165) is 5.39 Å². The van der Waals surface area contributed by atoms with E-state index in [4.69, 9.17) is 9.47 Å². The minimum absolute atomic E-state index is 0.345. The topological polar surface area (TPSA) is 104 Å². The van der Waals surface area contributed by atoms with Crippen LogP contribution < -0.4 is 20.1 Å². The lowest BCUT2D eigenvalue weighted by atomic mass is 10.1. The molecule has 0 aliphatic carbocycles. The molecule has 0 radical (unpaired) electrons. The van der Waals surface area contributed by atoms with Crippen molar-refractivity contribution >= 4 is 34.0 Å². The van der Waals surface area contributed by atoms with Crippen LogP contribution in [-0.2, 0) is 4.79 Å². The third-order valence-corrected chi connectivity index (χ3v) is 5.35. The number of nitrogens with zero attached hydrogens (tertiary/aromatic N) is 3. The van der Waals surface area contributed by atoms with Crippen molar-refractivity contribution in [2.45, 2.75) is 0 Å². The number of fused-ring (bicyclic) bond motifs is 1. The Hall–Kier alpha value is -4.44. The lowest BCUT2D eigenvalue weighted by Crippen LogP contribution is -2.20. The summed E-state index contributed by atoms with van der Waals surface area (Å²) in [4.78, 5) is 18.5. The van der Waals surface area contributed by atoms with Gasteiger partial charge in [-0.25, -0.2) is 9.37 Å². The van der Waals surface area contributed by atoms with Crippen molar-refractivity contribution in [1.29, 1.82) is 0 Å². The zero-order valence-corrected chi connectivity index (χ0v) is 20.3. The molecular weight excluding hydrogens is 463 g/mol. The second kappa shape index (κ2) is 10.9. The second-order valence-electron chi connectivity index (χ2n) is 8.22. The molecule has 0 saturated carbocycles. The maximum absolute atomic E-state index is 13.8. The molecule has 0 aliphatic heterocycles. The number of aromatic amines is 1. The van der Waals surface area contributed by atoms with Gasteiger partial charge in [0.2, 0.25) is 5.91 Å². The molecule has 9 nitrogen and oxygen atoms in total. The first kappa shape index (κ1) is 24.7. The predicted octanol–water partition coefficient (Wildman–Crippen LogP) is 4.58. The predicted molar refractivity (Wildman–Crippen MR) is 138 cm³/mol. The molecular formula is C26H27FN6O3. The number of anilines is 3.